The molecule has 0 saturated carbocycles. The van der Waals surface area contributed by atoms with Crippen molar-refractivity contribution in [2.24, 2.45) is 0 Å². The van der Waals surface area contributed by atoms with E-state index in [9.17, 15) is 4.79 Å². The summed E-state index contributed by atoms with van der Waals surface area (Å²) in [5.74, 6) is 0.128. The molecule has 0 saturated heterocycles. The van der Waals surface area contributed by atoms with Gasteiger partial charge in [0.05, 0.1) is 0 Å². The molecular weight excluding hydrogens is 240 g/mol. The summed E-state index contributed by atoms with van der Waals surface area (Å²) in [7, 11) is -1.28. The first-order chi connectivity index (χ1) is 8.53. The topological polar surface area (TPSA) is 26.3 Å². The molecule has 1 atom stereocenters. The lowest BCUT2D eigenvalue weighted by Gasteiger charge is -2.34. The van der Waals surface area contributed by atoms with E-state index in [1.54, 1.807) is 6.92 Å². The van der Waals surface area contributed by atoms with Crippen LogP contribution in [-0.2, 0) is 14.8 Å². The van der Waals surface area contributed by atoms with Crippen molar-refractivity contribution in [2.45, 2.75) is 51.8 Å². The number of rotatable bonds is 7. The van der Waals surface area contributed by atoms with Crippen LogP contribution in [0.15, 0.2) is 30.3 Å². The van der Waals surface area contributed by atoms with Crippen LogP contribution >= 0.6 is 0 Å². The van der Waals surface area contributed by atoms with Crippen molar-refractivity contribution >= 4 is 14.8 Å². The van der Waals surface area contributed by atoms with Crippen LogP contribution in [0.3, 0.4) is 0 Å². The largest absolute Gasteiger partial charge is 0.405 e. The van der Waals surface area contributed by atoms with E-state index in [1.165, 1.54) is 0 Å². The molecular formula is C15H24O2Si. The second-order valence-electron chi connectivity index (χ2n) is 5.02. The monoisotopic (exact) mass is 264 g/mol. The van der Waals surface area contributed by atoms with E-state index < -0.39 is 14.6 Å². The lowest BCUT2D eigenvalue weighted by atomic mass is 9.85. The fourth-order valence-corrected chi connectivity index (χ4v) is 3.49. The summed E-state index contributed by atoms with van der Waals surface area (Å²) in [6.07, 6.45) is 2.87. The molecule has 0 bridgehead atoms. The van der Waals surface area contributed by atoms with Crippen LogP contribution in [0, 0.1) is 0 Å². The van der Waals surface area contributed by atoms with Gasteiger partial charge in [-0.05, 0) is 32.0 Å². The van der Waals surface area contributed by atoms with Crippen LogP contribution in [0.1, 0.15) is 38.7 Å². The number of benzene rings is 1. The molecule has 1 aromatic rings. The van der Waals surface area contributed by atoms with Crippen LogP contribution in [0.5, 0.6) is 0 Å². The Hall–Kier alpha value is -0.933. The van der Waals surface area contributed by atoms with E-state index in [0.717, 1.165) is 24.8 Å². The number of Topliss-reactive ketones (excluding diaryl/α,β-unsaturated/α-hetero) is 1. The average Bonchev–Trinajstić information content (AvgIpc) is 2.34. The van der Waals surface area contributed by atoms with E-state index in [4.69, 9.17) is 4.43 Å². The number of carbonyl (C=O) groups excluding carboxylic acids is 1. The first-order valence-corrected chi connectivity index (χ1v) is 9.55. The molecule has 1 unspecified atom stereocenters. The van der Waals surface area contributed by atoms with Crippen LogP contribution < -0.4 is 0 Å². The van der Waals surface area contributed by atoms with Crippen molar-refractivity contribution in [3.8, 4) is 0 Å². The highest BCUT2D eigenvalue weighted by atomic mass is 28.3. The zero-order valence-electron chi connectivity index (χ0n) is 11.9. The van der Waals surface area contributed by atoms with E-state index in [-0.39, 0.29) is 5.78 Å². The molecule has 0 radical (unpaired) electrons. The second-order valence-corrected chi connectivity index (χ2v) is 7.35. The third kappa shape index (κ3) is 3.53. The molecule has 1 rings (SSSR count). The predicted octanol–water partition coefficient (Wildman–Crippen LogP) is 3.66. The summed E-state index contributed by atoms with van der Waals surface area (Å²) in [6.45, 7) is 8.03. The van der Waals surface area contributed by atoms with Gasteiger partial charge in [-0.25, -0.2) is 0 Å². The van der Waals surface area contributed by atoms with Crippen LogP contribution in [0.2, 0.25) is 13.1 Å². The molecule has 100 valence electrons. The summed E-state index contributed by atoms with van der Waals surface area (Å²) in [5, 5.41) is 0. The van der Waals surface area contributed by atoms with Gasteiger partial charge in [0, 0.05) is 0 Å². The molecule has 0 spiro atoms. The Morgan fingerprint density at radius 1 is 1.28 bits per heavy atom. The van der Waals surface area contributed by atoms with E-state index >= 15 is 0 Å². The van der Waals surface area contributed by atoms with Gasteiger partial charge in [-0.1, -0.05) is 50.1 Å². The van der Waals surface area contributed by atoms with Crippen molar-refractivity contribution in [2.75, 3.05) is 0 Å². The molecule has 0 aliphatic rings. The smallest absolute Gasteiger partial charge is 0.172 e. The Kier molecular flexibility index (Phi) is 5.76. The summed E-state index contributed by atoms with van der Waals surface area (Å²) in [4.78, 5) is 12.2. The van der Waals surface area contributed by atoms with Gasteiger partial charge in [0.15, 0.2) is 14.8 Å². The van der Waals surface area contributed by atoms with Gasteiger partial charge in [-0.15, -0.1) is 0 Å². The van der Waals surface area contributed by atoms with Gasteiger partial charge >= 0.3 is 0 Å². The van der Waals surface area contributed by atoms with Gasteiger partial charge in [-0.2, -0.15) is 0 Å². The quantitative estimate of drug-likeness (QED) is 0.703. The zero-order valence-corrected chi connectivity index (χ0v) is 13.1. The molecule has 1 aromatic carbocycles. The predicted molar refractivity (Wildman–Crippen MR) is 78.3 cm³/mol. The van der Waals surface area contributed by atoms with E-state index in [2.05, 4.69) is 20.0 Å². The molecule has 0 aliphatic carbocycles. The fraction of sp³-hybridized carbons (Fsp3) is 0.533. The Morgan fingerprint density at radius 2 is 1.89 bits per heavy atom. The Balaban J connectivity index is 3.15. The SMILES string of the molecule is CCCCC(O[SiH](C)C)(C(C)=O)c1ccccc1. The molecule has 18 heavy (non-hydrogen) atoms. The highest BCUT2D eigenvalue weighted by Crippen LogP contribution is 2.33. The van der Waals surface area contributed by atoms with Gasteiger partial charge in [0.2, 0.25) is 0 Å². The van der Waals surface area contributed by atoms with Crippen LogP contribution in [0.25, 0.3) is 0 Å². The van der Waals surface area contributed by atoms with Gasteiger partial charge in [0.1, 0.15) is 5.60 Å². The van der Waals surface area contributed by atoms with Crippen LogP contribution in [-0.4, -0.2) is 14.8 Å². The average molecular weight is 264 g/mol. The maximum absolute atomic E-state index is 12.2. The van der Waals surface area contributed by atoms with E-state index in [1.807, 2.05) is 30.3 Å². The number of unbranched alkanes of at least 4 members (excludes halogenated alkanes) is 1. The number of carbonyl (C=O) groups is 1. The Morgan fingerprint density at radius 3 is 2.33 bits per heavy atom. The number of hydrogen-bond acceptors (Lipinski definition) is 2. The van der Waals surface area contributed by atoms with Crippen molar-refractivity contribution in [1.82, 2.24) is 0 Å². The van der Waals surface area contributed by atoms with Crippen molar-refractivity contribution in [3.05, 3.63) is 35.9 Å². The fourth-order valence-electron chi connectivity index (χ4n) is 2.27. The minimum Gasteiger partial charge on any atom is -0.405 e. The van der Waals surface area contributed by atoms with Gasteiger partial charge in [0.25, 0.3) is 0 Å². The molecule has 0 amide bonds. The molecule has 0 aliphatic heterocycles. The lowest BCUT2D eigenvalue weighted by molar-refractivity contribution is -0.134. The summed E-state index contributed by atoms with van der Waals surface area (Å²) in [6, 6.07) is 9.94. The molecule has 0 heterocycles. The van der Waals surface area contributed by atoms with Crippen molar-refractivity contribution < 1.29 is 9.22 Å². The Labute approximate surface area is 112 Å². The summed E-state index contributed by atoms with van der Waals surface area (Å²) < 4.78 is 6.18. The number of hydrogen-bond donors (Lipinski definition) is 0. The molecule has 0 N–H and O–H groups in total. The highest BCUT2D eigenvalue weighted by Gasteiger charge is 2.38. The van der Waals surface area contributed by atoms with Gasteiger partial charge in [-0.3, -0.25) is 4.79 Å². The standard InChI is InChI=1S/C15H24O2Si/c1-5-6-12-15(13(2)16,17-18(3)4)14-10-8-7-9-11-14/h7-11,18H,5-6,12H2,1-4H3. The third-order valence-corrected chi connectivity index (χ3v) is 4.00. The molecule has 3 heteroatoms. The highest BCUT2D eigenvalue weighted by molar-refractivity contribution is 6.48. The number of ketones is 1. The Bertz CT molecular complexity index is 375. The van der Waals surface area contributed by atoms with E-state index in [0.29, 0.717) is 0 Å². The summed E-state index contributed by atoms with van der Waals surface area (Å²) >= 11 is 0. The zero-order chi connectivity index (χ0) is 13.6. The minimum absolute atomic E-state index is 0.128. The second kappa shape index (κ2) is 6.85. The molecule has 0 aromatic heterocycles. The maximum Gasteiger partial charge on any atom is 0.172 e. The minimum atomic E-state index is -1.28. The van der Waals surface area contributed by atoms with Gasteiger partial charge < -0.3 is 4.43 Å². The van der Waals surface area contributed by atoms with Crippen molar-refractivity contribution in [1.29, 1.82) is 0 Å². The third-order valence-electron chi connectivity index (χ3n) is 3.13. The first kappa shape index (κ1) is 15.1. The molecule has 0 fully saturated rings. The molecule has 2 nitrogen and oxygen atoms in total. The normalized spacial score (nSPS) is 14.5. The lowest BCUT2D eigenvalue weighted by Crippen LogP contribution is -2.40. The van der Waals surface area contributed by atoms with Crippen LogP contribution in [0.4, 0.5) is 0 Å². The first-order valence-electron chi connectivity index (χ1n) is 6.77. The summed E-state index contributed by atoms with van der Waals surface area (Å²) in [5.41, 5.74) is 0.296. The maximum atomic E-state index is 12.2. The van der Waals surface area contributed by atoms with Crippen molar-refractivity contribution in [3.63, 3.8) is 0 Å².